The summed E-state index contributed by atoms with van der Waals surface area (Å²) in [6, 6.07) is 6.13. The lowest BCUT2D eigenvalue weighted by Gasteiger charge is -2.15. The van der Waals surface area contributed by atoms with Crippen LogP contribution in [0.5, 0.6) is 5.75 Å². The number of aliphatic hydroxyl groups is 1. The molecule has 1 aliphatic rings. The molecule has 0 radical (unpaired) electrons. The van der Waals surface area contributed by atoms with E-state index in [0.29, 0.717) is 12.5 Å². The quantitative estimate of drug-likeness (QED) is 0.804. The van der Waals surface area contributed by atoms with Crippen molar-refractivity contribution in [2.24, 2.45) is 0 Å². The van der Waals surface area contributed by atoms with E-state index in [0.717, 1.165) is 36.4 Å². The molecule has 3 heteroatoms. The second-order valence-electron chi connectivity index (χ2n) is 4.31. The van der Waals surface area contributed by atoms with E-state index in [9.17, 15) is 0 Å². The van der Waals surface area contributed by atoms with Crippen molar-refractivity contribution < 1.29 is 9.84 Å². The van der Waals surface area contributed by atoms with Gasteiger partial charge in [0.1, 0.15) is 11.9 Å². The predicted molar refractivity (Wildman–Crippen MR) is 63.9 cm³/mol. The molecule has 1 atom stereocenters. The minimum Gasteiger partial charge on any atom is -0.489 e. The molecule has 1 aromatic carbocycles. The van der Waals surface area contributed by atoms with Crippen LogP contribution in [0.1, 0.15) is 17.5 Å². The van der Waals surface area contributed by atoms with Crippen molar-refractivity contribution in [2.75, 3.05) is 19.7 Å². The van der Waals surface area contributed by atoms with Gasteiger partial charge in [0.15, 0.2) is 0 Å². The molecular weight excluding hydrogens is 202 g/mol. The molecule has 0 aromatic heterocycles. The molecule has 1 aromatic rings. The normalized spacial score (nSPS) is 20.0. The Balaban J connectivity index is 2.03. The summed E-state index contributed by atoms with van der Waals surface area (Å²) < 4.78 is 5.91. The lowest BCUT2D eigenvalue weighted by atomic mass is 10.1. The van der Waals surface area contributed by atoms with Gasteiger partial charge >= 0.3 is 0 Å². The Morgan fingerprint density at radius 1 is 1.50 bits per heavy atom. The van der Waals surface area contributed by atoms with E-state index in [-0.39, 0.29) is 6.61 Å². The molecule has 1 heterocycles. The number of hydrogen-bond donors (Lipinski definition) is 2. The third-order valence-electron chi connectivity index (χ3n) is 2.95. The van der Waals surface area contributed by atoms with Crippen molar-refractivity contribution in [3.8, 4) is 5.75 Å². The molecule has 0 aliphatic carbocycles. The minimum absolute atomic E-state index is 0.201. The topological polar surface area (TPSA) is 41.5 Å². The number of rotatable bonds is 4. The Labute approximate surface area is 96.4 Å². The van der Waals surface area contributed by atoms with Crippen LogP contribution in [0.25, 0.3) is 0 Å². The average molecular weight is 221 g/mol. The summed E-state index contributed by atoms with van der Waals surface area (Å²) in [4.78, 5) is 0. The first-order valence-corrected chi connectivity index (χ1v) is 5.87. The molecule has 0 bridgehead atoms. The van der Waals surface area contributed by atoms with E-state index in [4.69, 9.17) is 9.84 Å². The van der Waals surface area contributed by atoms with Crippen LogP contribution in [0.2, 0.25) is 0 Å². The molecule has 88 valence electrons. The van der Waals surface area contributed by atoms with Crippen molar-refractivity contribution in [3.63, 3.8) is 0 Å². The molecule has 1 unspecified atom stereocenters. The summed E-state index contributed by atoms with van der Waals surface area (Å²) in [6.45, 7) is 4.24. The zero-order valence-electron chi connectivity index (χ0n) is 9.70. The highest BCUT2D eigenvalue weighted by Gasteiger charge is 2.16. The summed E-state index contributed by atoms with van der Waals surface area (Å²) in [6.07, 6.45) is 2.10. The maximum atomic E-state index is 8.87. The highest BCUT2D eigenvalue weighted by molar-refractivity contribution is 5.36. The first kappa shape index (κ1) is 11.4. The van der Waals surface area contributed by atoms with Gasteiger partial charge in [-0.25, -0.2) is 0 Å². The molecule has 0 amide bonds. The molecule has 2 rings (SSSR count). The van der Waals surface area contributed by atoms with Crippen LogP contribution in [0, 0.1) is 6.92 Å². The van der Waals surface area contributed by atoms with E-state index in [1.807, 2.05) is 12.1 Å². The van der Waals surface area contributed by atoms with Gasteiger partial charge in [0, 0.05) is 13.2 Å². The molecule has 1 saturated heterocycles. The Hall–Kier alpha value is -1.06. The van der Waals surface area contributed by atoms with Gasteiger partial charge in [-0.15, -0.1) is 0 Å². The minimum atomic E-state index is 0.201. The van der Waals surface area contributed by atoms with E-state index >= 15 is 0 Å². The van der Waals surface area contributed by atoms with Crippen LogP contribution in [-0.2, 0) is 6.42 Å². The molecule has 2 N–H and O–H groups in total. The summed E-state index contributed by atoms with van der Waals surface area (Å²) in [5, 5.41) is 12.2. The highest BCUT2D eigenvalue weighted by atomic mass is 16.5. The van der Waals surface area contributed by atoms with Crippen molar-refractivity contribution in [3.05, 3.63) is 29.3 Å². The SMILES string of the molecule is Cc1cc(CCO)ccc1OC1CCNC1. The average Bonchev–Trinajstić information content (AvgIpc) is 2.75. The fourth-order valence-corrected chi connectivity index (χ4v) is 2.04. The molecule has 3 nitrogen and oxygen atoms in total. The summed E-state index contributed by atoms with van der Waals surface area (Å²) in [5.74, 6) is 0.968. The summed E-state index contributed by atoms with van der Waals surface area (Å²) >= 11 is 0. The van der Waals surface area contributed by atoms with Crippen molar-refractivity contribution in [1.29, 1.82) is 0 Å². The van der Waals surface area contributed by atoms with Crippen molar-refractivity contribution in [1.82, 2.24) is 5.32 Å². The van der Waals surface area contributed by atoms with E-state index < -0.39 is 0 Å². The molecule has 1 aliphatic heterocycles. The standard InChI is InChI=1S/C13H19NO2/c1-10-8-11(5-7-15)2-3-13(10)16-12-4-6-14-9-12/h2-3,8,12,14-15H,4-7,9H2,1H3. The van der Waals surface area contributed by atoms with Gasteiger partial charge < -0.3 is 15.2 Å². The van der Waals surface area contributed by atoms with Crippen molar-refractivity contribution >= 4 is 0 Å². The fourth-order valence-electron chi connectivity index (χ4n) is 2.04. The molecule has 16 heavy (non-hydrogen) atoms. The largest absolute Gasteiger partial charge is 0.489 e. The smallest absolute Gasteiger partial charge is 0.122 e. The van der Waals surface area contributed by atoms with Crippen molar-refractivity contribution in [2.45, 2.75) is 25.9 Å². The van der Waals surface area contributed by atoms with E-state index in [1.165, 1.54) is 0 Å². The third kappa shape index (κ3) is 2.74. The molecular formula is C13H19NO2. The molecule has 0 spiro atoms. The zero-order chi connectivity index (χ0) is 11.4. The van der Waals surface area contributed by atoms with Crippen LogP contribution in [0.3, 0.4) is 0 Å². The van der Waals surface area contributed by atoms with Crippen LogP contribution >= 0.6 is 0 Å². The number of benzene rings is 1. The Morgan fingerprint density at radius 2 is 2.38 bits per heavy atom. The van der Waals surface area contributed by atoms with Gasteiger partial charge in [0.05, 0.1) is 0 Å². The predicted octanol–water partition coefficient (Wildman–Crippen LogP) is 1.27. The van der Waals surface area contributed by atoms with E-state index in [1.54, 1.807) is 0 Å². The number of hydrogen-bond acceptors (Lipinski definition) is 3. The Bertz CT molecular complexity index is 346. The Kier molecular flexibility index (Phi) is 3.80. The number of aryl methyl sites for hydroxylation is 1. The maximum Gasteiger partial charge on any atom is 0.122 e. The van der Waals surface area contributed by atoms with Gasteiger partial charge in [-0.3, -0.25) is 0 Å². The summed E-state index contributed by atoms with van der Waals surface area (Å²) in [7, 11) is 0. The molecule has 1 fully saturated rings. The monoisotopic (exact) mass is 221 g/mol. The van der Waals surface area contributed by atoms with Gasteiger partial charge in [0.2, 0.25) is 0 Å². The van der Waals surface area contributed by atoms with Crippen LogP contribution < -0.4 is 10.1 Å². The second-order valence-corrected chi connectivity index (χ2v) is 4.31. The Morgan fingerprint density at radius 3 is 3.00 bits per heavy atom. The maximum absolute atomic E-state index is 8.87. The van der Waals surface area contributed by atoms with Crippen LogP contribution in [0.15, 0.2) is 18.2 Å². The van der Waals surface area contributed by atoms with E-state index in [2.05, 4.69) is 18.3 Å². The van der Waals surface area contributed by atoms with Gasteiger partial charge in [-0.2, -0.15) is 0 Å². The van der Waals surface area contributed by atoms with Crippen LogP contribution in [0.4, 0.5) is 0 Å². The molecule has 0 saturated carbocycles. The first-order valence-electron chi connectivity index (χ1n) is 5.87. The third-order valence-corrected chi connectivity index (χ3v) is 2.95. The zero-order valence-corrected chi connectivity index (χ0v) is 9.70. The lowest BCUT2D eigenvalue weighted by molar-refractivity contribution is 0.221. The first-order chi connectivity index (χ1) is 7.79. The lowest BCUT2D eigenvalue weighted by Crippen LogP contribution is -2.19. The fraction of sp³-hybridized carbons (Fsp3) is 0.538. The number of ether oxygens (including phenoxy) is 1. The van der Waals surface area contributed by atoms with Gasteiger partial charge in [-0.05, 0) is 43.5 Å². The van der Waals surface area contributed by atoms with Crippen LogP contribution in [-0.4, -0.2) is 30.9 Å². The number of nitrogens with one attached hydrogen (secondary N) is 1. The summed E-state index contributed by atoms with van der Waals surface area (Å²) in [5.41, 5.74) is 2.31. The van der Waals surface area contributed by atoms with Gasteiger partial charge in [0.25, 0.3) is 0 Å². The number of aliphatic hydroxyl groups excluding tert-OH is 1. The second kappa shape index (κ2) is 5.32. The van der Waals surface area contributed by atoms with Gasteiger partial charge in [-0.1, -0.05) is 12.1 Å². The highest BCUT2D eigenvalue weighted by Crippen LogP contribution is 2.22.